The lowest BCUT2D eigenvalue weighted by Crippen LogP contribution is -2.33. The van der Waals surface area contributed by atoms with Crippen LogP contribution in [0.25, 0.3) is 5.65 Å². The molecule has 1 aromatic carbocycles. The second kappa shape index (κ2) is 8.91. The molecular formula is C23H26FN7O3S. The van der Waals surface area contributed by atoms with Gasteiger partial charge in [0.1, 0.15) is 22.7 Å². The number of rotatable bonds is 6. The van der Waals surface area contributed by atoms with E-state index in [-0.39, 0.29) is 16.7 Å². The van der Waals surface area contributed by atoms with E-state index in [0.29, 0.717) is 28.9 Å². The Kier molecular flexibility index (Phi) is 5.91. The number of nitrogens with zero attached hydrogens (tertiary/aromatic N) is 6. The zero-order valence-electron chi connectivity index (χ0n) is 19.6. The number of aromatic nitrogens is 5. The van der Waals surface area contributed by atoms with Crippen molar-refractivity contribution in [1.29, 1.82) is 0 Å². The van der Waals surface area contributed by atoms with Gasteiger partial charge in [0.05, 0.1) is 6.20 Å². The van der Waals surface area contributed by atoms with Crippen LogP contribution in [0.15, 0.2) is 46.3 Å². The second-order valence-corrected chi connectivity index (χ2v) is 11.1. The Morgan fingerprint density at radius 2 is 1.97 bits per heavy atom. The fourth-order valence-electron chi connectivity index (χ4n) is 4.31. The number of benzene rings is 1. The summed E-state index contributed by atoms with van der Waals surface area (Å²) in [5, 5.41) is 7.16. The number of hydrogen-bond donors (Lipinski definition) is 1. The van der Waals surface area contributed by atoms with Gasteiger partial charge in [-0.05, 0) is 31.0 Å². The average Bonchev–Trinajstić information content (AvgIpc) is 3.47. The highest BCUT2D eigenvalue weighted by Crippen LogP contribution is 2.32. The maximum Gasteiger partial charge on any atom is 0.324 e. The topological polar surface area (TPSA) is 119 Å². The van der Waals surface area contributed by atoms with Crippen LogP contribution >= 0.6 is 0 Å². The minimum atomic E-state index is -3.64. The van der Waals surface area contributed by atoms with Crippen molar-refractivity contribution in [3.8, 4) is 0 Å². The van der Waals surface area contributed by atoms with E-state index in [1.54, 1.807) is 12.5 Å². The highest BCUT2D eigenvalue weighted by atomic mass is 32.2. The molecule has 0 unspecified atom stereocenters. The Balaban J connectivity index is 1.33. The molecular weight excluding hydrogens is 473 g/mol. The van der Waals surface area contributed by atoms with Crippen LogP contribution in [0.3, 0.4) is 0 Å². The van der Waals surface area contributed by atoms with Crippen molar-refractivity contribution < 1.29 is 17.3 Å². The average molecular weight is 500 g/mol. The summed E-state index contributed by atoms with van der Waals surface area (Å²) in [6, 6.07) is 4.48. The summed E-state index contributed by atoms with van der Waals surface area (Å²) in [6.07, 6.45) is 7.94. The molecule has 1 N–H and O–H groups in total. The van der Waals surface area contributed by atoms with Gasteiger partial charge in [0.25, 0.3) is 0 Å². The first-order valence-corrected chi connectivity index (χ1v) is 13.3. The summed E-state index contributed by atoms with van der Waals surface area (Å²) in [7, 11) is -3.64. The standard InChI is InChI=1S/C23H26FN7O3S/c1-14(2)21-28-23(34-29-21)30-8-6-15(7-9-30)19-12-26-22-18(11-25-13-31(19)22)27-16-4-5-20(17(24)10-16)35(3,32)33/h4-5,10-15,27H,6-9H2,1-3H3. The lowest BCUT2D eigenvalue weighted by atomic mass is 9.94. The normalized spacial score (nSPS) is 15.3. The monoisotopic (exact) mass is 499 g/mol. The molecule has 0 amide bonds. The minimum Gasteiger partial charge on any atom is -0.351 e. The van der Waals surface area contributed by atoms with Crippen LogP contribution in [0.1, 0.15) is 50.0 Å². The molecule has 0 radical (unpaired) electrons. The minimum absolute atomic E-state index is 0.215. The number of piperidine rings is 1. The second-order valence-electron chi connectivity index (χ2n) is 9.08. The molecule has 12 heteroatoms. The van der Waals surface area contributed by atoms with Crippen molar-refractivity contribution in [1.82, 2.24) is 24.5 Å². The summed E-state index contributed by atoms with van der Waals surface area (Å²) in [5.41, 5.74) is 2.70. The molecule has 1 saturated heterocycles. The molecule has 0 aliphatic carbocycles. The Morgan fingerprint density at radius 3 is 2.63 bits per heavy atom. The SMILES string of the molecule is CC(C)c1noc(N2CCC(c3cnc4c(Nc5ccc(S(C)(=O)=O)c(F)c5)cncn34)CC2)n1. The van der Waals surface area contributed by atoms with Gasteiger partial charge in [0, 0.05) is 48.8 Å². The Bertz CT molecular complexity index is 1470. The fraction of sp³-hybridized carbons (Fsp3) is 0.391. The van der Waals surface area contributed by atoms with Crippen molar-refractivity contribution in [2.24, 2.45) is 0 Å². The highest BCUT2D eigenvalue weighted by Gasteiger charge is 2.27. The first kappa shape index (κ1) is 23.2. The largest absolute Gasteiger partial charge is 0.351 e. The highest BCUT2D eigenvalue weighted by molar-refractivity contribution is 7.90. The molecule has 1 aliphatic rings. The van der Waals surface area contributed by atoms with Gasteiger partial charge in [0.2, 0.25) is 0 Å². The maximum atomic E-state index is 14.3. The van der Waals surface area contributed by atoms with Crippen molar-refractivity contribution in [2.45, 2.75) is 43.4 Å². The number of sulfone groups is 1. The molecule has 1 aliphatic heterocycles. The predicted molar refractivity (Wildman–Crippen MR) is 128 cm³/mol. The number of fused-ring (bicyclic) bond motifs is 1. The van der Waals surface area contributed by atoms with Crippen LogP contribution in [-0.4, -0.2) is 52.3 Å². The number of imidazole rings is 1. The van der Waals surface area contributed by atoms with E-state index in [0.717, 1.165) is 43.9 Å². The van der Waals surface area contributed by atoms with Crippen LogP contribution < -0.4 is 10.2 Å². The van der Waals surface area contributed by atoms with E-state index in [1.165, 1.54) is 12.1 Å². The smallest absolute Gasteiger partial charge is 0.324 e. The summed E-state index contributed by atoms with van der Waals surface area (Å²) >= 11 is 0. The molecule has 10 nitrogen and oxygen atoms in total. The van der Waals surface area contributed by atoms with E-state index < -0.39 is 15.7 Å². The van der Waals surface area contributed by atoms with Gasteiger partial charge in [-0.25, -0.2) is 22.8 Å². The molecule has 5 rings (SSSR count). The number of anilines is 3. The van der Waals surface area contributed by atoms with Crippen LogP contribution in [-0.2, 0) is 9.84 Å². The number of halogens is 1. The lowest BCUT2D eigenvalue weighted by molar-refractivity contribution is 0.386. The number of nitrogens with one attached hydrogen (secondary N) is 1. The van der Waals surface area contributed by atoms with E-state index in [9.17, 15) is 12.8 Å². The maximum absolute atomic E-state index is 14.3. The van der Waals surface area contributed by atoms with Gasteiger partial charge in [-0.15, -0.1) is 0 Å². The summed E-state index contributed by atoms with van der Waals surface area (Å²) in [4.78, 5) is 15.2. The van der Waals surface area contributed by atoms with E-state index in [2.05, 4.69) is 30.3 Å². The van der Waals surface area contributed by atoms with Crippen LogP contribution in [0.4, 0.5) is 21.8 Å². The lowest BCUT2D eigenvalue weighted by Gasteiger charge is -2.30. The van der Waals surface area contributed by atoms with Crippen LogP contribution in [0.5, 0.6) is 0 Å². The molecule has 184 valence electrons. The quantitative estimate of drug-likeness (QED) is 0.421. The van der Waals surface area contributed by atoms with E-state index >= 15 is 0 Å². The first-order valence-electron chi connectivity index (χ1n) is 11.4. The van der Waals surface area contributed by atoms with E-state index in [4.69, 9.17) is 4.52 Å². The van der Waals surface area contributed by atoms with Gasteiger partial charge in [-0.3, -0.25) is 4.40 Å². The van der Waals surface area contributed by atoms with Crippen LogP contribution in [0, 0.1) is 5.82 Å². The van der Waals surface area contributed by atoms with Crippen molar-refractivity contribution >= 4 is 32.9 Å². The Morgan fingerprint density at radius 1 is 1.20 bits per heavy atom. The fourth-order valence-corrected chi connectivity index (χ4v) is 5.04. The molecule has 3 aromatic heterocycles. The van der Waals surface area contributed by atoms with Crippen LogP contribution in [0.2, 0.25) is 0 Å². The molecule has 1 fully saturated rings. The third-order valence-electron chi connectivity index (χ3n) is 6.19. The number of hydrogen-bond acceptors (Lipinski definition) is 9. The van der Waals surface area contributed by atoms with E-state index in [1.807, 2.05) is 24.4 Å². The summed E-state index contributed by atoms with van der Waals surface area (Å²) < 4.78 is 45.1. The third kappa shape index (κ3) is 4.57. The zero-order chi connectivity index (χ0) is 24.7. The Labute approximate surface area is 202 Å². The van der Waals surface area contributed by atoms with Gasteiger partial charge < -0.3 is 14.7 Å². The van der Waals surface area contributed by atoms with Crippen molar-refractivity contribution in [2.75, 3.05) is 29.6 Å². The van der Waals surface area contributed by atoms with Gasteiger partial charge in [0.15, 0.2) is 21.3 Å². The third-order valence-corrected chi connectivity index (χ3v) is 7.32. The van der Waals surface area contributed by atoms with Gasteiger partial charge in [-0.2, -0.15) is 4.98 Å². The molecule has 0 spiro atoms. The predicted octanol–water partition coefficient (Wildman–Crippen LogP) is 3.91. The zero-order valence-corrected chi connectivity index (χ0v) is 20.5. The van der Waals surface area contributed by atoms with Crippen molar-refractivity contribution in [3.05, 3.63) is 54.3 Å². The molecule has 0 atom stereocenters. The van der Waals surface area contributed by atoms with Gasteiger partial charge >= 0.3 is 6.01 Å². The molecule has 35 heavy (non-hydrogen) atoms. The summed E-state index contributed by atoms with van der Waals surface area (Å²) in [5.74, 6) is 0.390. The van der Waals surface area contributed by atoms with Gasteiger partial charge in [-0.1, -0.05) is 19.0 Å². The Hall–Kier alpha value is -3.54. The molecule has 4 aromatic rings. The molecule has 4 heterocycles. The first-order chi connectivity index (χ1) is 16.7. The molecule has 0 bridgehead atoms. The van der Waals surface area contributed by atoms with Crippen molar-refractivity contribution in [3.63, 3.8) is 0 Å². The summed E-state index contributed by atoms with van der Waals surface area (Å²) in [6.45, 7) is 5.64. The molecule has 0 saturated carbocycles.